The van der Waals surface area contributed by atoms with Crippen molar-refractivity contribution in [3.8, 4) is 0 Å². The first kappa shape index (κ1) is 25.5. The normalized spacial score (nSPS) is 12.3. The highest BCUT2D eigenvalue weighted by molar-refractivity contribution is 8.00. The van der Waals surface area contributed by atoms with Crippen LogP contribution in [-0.2, 0) is 17.5 Å². The van der Waals surface area contributed by atoms with Crippen LogP contribution in [0.5, 0.6) is 0 Å². The van der Waals surface area contributed by atoms with Crippen LogP contribution in [0.2, 0.25) is 5.02 Å². The van der Waals surface area contributed by atoms with Crippen molar-refractivity contribution in [2.24, 2.45) is 0 Å². The first-order valence-electron chi connectivity index (χ1n) is 10.7. The average molecular weight is 530 g/mol. The van der Waals surface area contributed by atoms with Crippen LogP contribution in [0.3, 0.4) is 0 Å². The topological polar surface area (TPSA) is 64.0 Å². The molecule has 1 atom stereocenters. The molecule has 0 radical (unpaired) electrons. The van der Waals surface area contributed by atoms with Gasteiger partial charge in [-0.05, 0) is 35.9 Å². The van der Waals surface area contributed by atoms with Crippen LogP contribution in [0.15, 0.2) is 95.4 Å². The van der Waals surface area contributed by atoms with Gasteiger partial charge < -0.3 is 5.32 Å². The Labute approximate surface area is 213 Å². The summed E-state index contributed by atoms with van der Waals surface area (Å²) in [6, 6.07) is 18.7. The van der Waals surface area contributed by atoms with E-state index in [0.29, 0.717) is 16.5 Å². The molecule has 184 valence electrons. The van der Waals surface area contributed by atoms with Gasteiger partial charge in [-0.1, -0.05) is 71.9 Å². The van der Waals surface area contributed by atoms with Crippen LogP contribution in [-0.4, -0.2) is 15.5 Å². The van der Waals surface area contributed by atoms with E-state index in [0.717, 1.165) is 23.9 Å². The third-order valence-electron chi connectivity index (χ3n) is 5.24. The fraction of sp³-hybridized carbons (Fsp3) is 0.115. The van der Waals surface area contributed by atoms with Crippen LogP contribution in [0.1, 0.15) is 16.4 Å². The highest BCUT2D eigenvalue weighted by Crippen LogP contribution is 2.38. The fourth-order valence-electron chi connectivity index (χ4n) is 3.56. The van der Waals surface area contributed by atoms with Gasteiger partial charge in [0.25, 0.3) is 5.56 Å². The number of benzene rings is 3. The summed E-state index contributed by atoms with van der Waals surface area (Å²) in [6.07, 6.45) is -3.13. The lowest BCUT2D eigenvalue weighted by Gasteiger charge is -2.19. The van der Waals surface area contributed by atoms with Crippen molar-refractivity contribution in [3.63, 3.8) is 0 Å². The van der Waals surface area contributed by atoms with Gasteiger partial charge in [-0.25, -0.2) is 4.98 Å². The van der Waals surface area contributed by atoms with E-state index >= 15 is 0 Å². The lowest BCUT2D eigenvalue weighted by Crippen LogP contribution is -2.25. The first-order valence-corrected chi connectivity index (χ1v) is 11.9. The molecule has 1 aromatic heterocycles. The zero-order valence-corrected chi connectivity index (χ0v) is 20.2. The number of nitrogens with zero attached hydrogens (tertiary/aromatic N) is 2. The number of aromatic nitrogens is 2. The predicted molar refractivity (Wildman–Crippen MR) is 136 cm³/mol. The predicted octanol–water partition coefficient (Wildman–Crippen LogP) is 6.73. The molecular formula is C26H19ClF3N3O2S. The van der Waals surface area contributed by atoms with Gasteiger partial charge in [0.05, 0.1) is 21.5 Å². The molecule has 3 aromatic carbocycles. The van der Waals surface area contributed by atoms with Crippen molar-refractivity contribution in [2.75, 3.05) is 5.32 Å². The molecule has 0 fully saturated rings. The number of allylic oxidation sites excluding steroid dienone is 1. The highest BCUT2D eigenvalue weighted by Gasteiger charge is 2.34. The minimum atomic E-state index is -4.68. The van der Waals surface area contributed by atoms with Gasteiger partial charge in [0.1, 0.15) is 5.25 Å². The number of carbonyl (C=O) groups excluding carboxylic acids is 1. The molecule has 0 unspecified atom stereocenters. The number of nitrogens with one attached hydrogen (secondary N) is 1. The van der Waals surface area contributed by atoms with E-state index in [1.54, 1.807) is 60.7 Å². The molecule has 0 aliphatic rings. The monoisotopic (exact) mass is 529 g/mol. The molecule has 0 saturated carbocycles. The van der Waals surface area contributed by atoms with E-state index in [1.807, 2.05) is 0 Å². The van der Waals surface area contributed by atoms with Crippen molar-refractivity contribution < 1.29 is 18.0 Å². The molecule has 0 aliphatic carbocycles. The number of hydrogen-bond donors (Lipinski definition) is 1. The Bertz CT molecular complexity index is 1490. The molecule has 0 saturated heterocycles. The molecule has 1 N–H and O–H groups in total. The zero-order valence-electron chi connectivity index (χ0n) is 18.6. The first-order chi connectivity index (χ1) is 17.2. The molecule has 4 rings (SSSR count). The molecule has 1 heterocycles. The fourth-order valence-corrected chi connectivity index (χ4v) is 4.89. The van der Waals surface area contributed by atoms with Gasteiger partial charge in [-0.3, -0.25) is 14.2 Å². The van der Waals surface area contributed by atoms with Gasteiger partial charge in [0.2, 0.25) is 5.91 Å². The van der Waals surface area contributed by atoms with Gasteiger partial charge in [-0.15, -0.1) is 6.58 Å². The number of anilines is 1. The van der Waals surface area contributed by atoms with Gasteiger partial charge in [-0.2, -0.15) is 13.2 Å². The number of amides is 1. The average Bonchev–Trinajstić information content (AvgIpc) is 2.85. The molecule has 0 bridgehead atoms. The van der Waals surface area contributed by atoms with Gasteiger partial charge in [0, 0.05) is 12.2 Å². The van der Waals surface area contributed by atoms with E-state index < -0.39 is 27.9 Å². The SMILES string of the molecule is C=CCn1c(S[C@H](C(=O)Nc2ccc(Cl)c(C(F)(F)F)c2)c2ccccc2)nc2ccccc2c1=O. The maximum Gasteiger partial charge on any atom is 0.417 e. The maximum atomic E-state index is 13.4. The quantitative estimate of drug-likeness (QED) is 0.164. The van der Waals surface area contributed by atoms with Crippen LogP contribution in [0, 0.1) is 0 Å². The molecular weight excluding hydrogens is 511 g/mol. The Morgan fingerprint density at radius 1 is 1.11 bits per heavy atom. The Kier molecular flexibility index (Phi) is 7.51. The Morgan fingerprint density at radius 3 is 2.50 bits per heavy atom. The second kappa shape index (κ2) is 10.6. The second-order valence-corrected chi connectivity index (χ2v) is 9.19. The highest BCUT2D eigenvalue weighted by atomic mass is 35.5. The van der Waals surface area contributed by atoms with Crippen molar-refractivity contribution in [1.29, 1.82) is 0 Å². The van der Waals surface area contributed by atoms with E-state index in [9.17, 15) is 22.8 Å². The van der Waals surface area contributed by atoms with E-state index in [1.165, 1.54) is 10.6 Å². The summed E-state index contributed by atoms with van der Waals surface area (Å²) >= 11 is 6.73. The van der Waals surface area contributed by atoms with Crippen molar-refractivity contribution in [1.82, 2.24) is 9.55 Å². The van der Waals surface area contributed by atoms with Gasteiger partial charge in [0.15, 0.2) is 5.16 Å². The van der Waals surface area contributed by atoms with E-state index in [2.05, 4.69) is 16.9 Å². The Morgan fingerprint density at radius 2 is 1.81 bits per heavy atom. The van der Waals surface area contributed by atoms with Crippen molar-refractivity contribution in [2.45, 2.75) is 23.1 Å². The number of alkyl halides is 3. The lowest BCUT2D eigenvalue weighted by molar-refractivity contribution is -0.137. The number of carbonyl (C=O) groups is 1. The maximum absolute atomic E-state index is 13.4. The molecule has 10 heteroatoms. The van der Waals surface area contributed by atoms with Gasteiger partial charge >= 0.3 is 6.18 Å². The molecule has 36 heavy (non-hydrogen) atoms. The molecule has 5 nitrogen and oxygen atoms in total. The Balaban J connectivity index is 1.75. The summed E-state index contributed by atoms with van der Waals surface area (Å²) in [5, 5.41) is 1.84. The Hall–Kier alpha value is -3.56. The van der Waals surface area contributed by atoms with Crippen molar-refractivity contribution in [3.05, 3.63) is 112 Å². The zero-order chi connectivity index (χ0) is 25.9. The lowest BCUT2D eigenvalue weighted by atomic mass is 10.1. The number of fused-ring (bicyclic) bond motifs is 1. The van der Waals surface area contributed by atoms with Crippen LogP contribution in [0.25, 0.3) is 10.9 Å². The number of para-hydroxylation sites is 1. The van der Waals surface area contributed by atoms with Crippen LogP contribution in [0.4, 0.5) is 18.9 Å². The summed E-state index contributed by atoms with van der Waals surface area (Å²) in [6.45, 7) is 3.86. The third kappa shape index (κ3) is 5.47. The molecule has 4 aromatic rings. The number of thioether (sulfide) groups is 1. The molecule has 1 amide bonds. The van der Waals surface area contributed by atoms with Crippen molar-refractivity contribution >= 4 is 45.9 Å². The van der Waals surface area contributed by atoms with Crippen LogP contribution < -0.4 is 10.9 Å². The van der Waals surface area contributed by atoms with E-state index in [4.69, 9.17) is 11.6 Å². The second-order valence-electron chi connectivity index (χ2n) is 7.71. The number of hydrogen-bond acceptors (Lipinski definition) is 4. The summed E-state index contributed by atoms with van der Waals surface area (Å²) in [5.74, 6) is -0.589. The standard InChI is InChI=1S/C26H19ClF3N3O2S/c1-2-14-33-24(35)18-10-6-7-11-21(18)32-25(33)36-22(16-8-4-3-5-9-16)23(34)31-17-12-13-20(27)19(15-17)26(28,29)30/h2-13,15,22H,1,14H2,(H,31,34)/t22-/m0/s1. The minimum Gasteiger partial charge on any atom is -0.325 e. The third-order valence-corrected chi connectivity index (χ3v) is 6.82. The summed E-state index contributed by atoms with van der Waals surface area (Å²) in [5.41, 5.74) is -0.361. The number of halogens is 4. The van der Waals surface area contributed by atoms with Crippen LogP contribution >= 0.6 is 23.4 Å². The minimum absolute atomic E-state index is 0.0618. The smallest absolute Gasteiger partial charge is 0.325 e. The molecule has 0 spiro atoms. The summed E-state index contributed by atoms with van der Waals surface area (Å²) < 4.78 is 41.3. The number of rotatable bonds is 7. The van der Waals surface area contributed by atoms with E-state index in [-0.39, 0.29) is 22.9 Å². The summed E-state index contributed by atoms with van der Waals surface area (Å²) in [4.78, 5) is 31.1. The summed E-state index contributed by atoms with van der Waals surface area (Å²) in [7, 11) is 0. The molecule has 0 aliphatic heterocycles. The largest absolute Gasteiger partial charge is 0.417 e.